The van der Waals surface area contributed by atoms with Crippen LogP contribution in [0.4, 0.5) is 0 Å². The standard InChI is InChI=1S/C7H4BrIN2O2/c8-5-2-1-4(12-5)7-11-10-6(3-9)13-7/h1-2H,3H2. The van der Waals surface area contributed by atoms with Gasteiger partial charge in [-0.15, -0.1) is 10.2 Å². The summed E-state index contributed by atoms with van der Waals surface area (Å²) in [5.41, 5.74) is 0. The zero-order valence-corrected chi connectivity index (χ0v) is 10.1. The molecule has 6 heteroatoms. The first-order valence-corrected chi connectivity index (χ1v) is 5.75. The molecule has 2 aromatic heterocycles. The van der Waals surface area contributed by atoms with Crippen molar-refractivity contribution in [3.05, 3.63) is 22.7 Å². The van der Waals surface area contributed by atoms with Crippen LogP contribution in [0.25, 0.3) is 11.7 Å². The molecular weight excluding hydrogens is 351 g/mol. The van der Waals surface area contributed by atoms with E-state index in [1.165, 1.54) is 0 Å². The lowest BCUT2D eigenvalue weighted by molar-refractivity contribution is 0.487. The van der Waals surface area contributed by atoms with E-state index >= 15 is 0 Å². The molecule has 2 aromatic rings. The first-order chi connectivity index (χ1) is 6.29. The highest BCUT2D eigenvalue weighted by Crippen LogP contribution is 2.23. The van der Waals surface area contributed by atoms with Gasteiger partial charge in [0.15, 0.2) is 10.4 Å². The number of nitrogens with zero attached hydrogens (tertiary/aromatic N) is 2. The maximum atomic E-state index is 5.29. The van der Waals surface area contributed by atoms with Crippen molar-refractivity contribution in [2.75, 3.05) is 0 Å². The van der Waals surface area contributed by atoms with E-state index in [0.717, 1.165) is 0 Å². The largest absolute Gasteiger partial charge is 0.444 e. The van der Waals surface area contributed by atoms with E-state index in [0.29, 0.717) is 26.6 Å². The molecule has 4 nitrogen and oxygen atoms in total. The zero-order valence-electron chi connectivity index (χ0n) is 6.33. The minimum atomic E-state index is 0.414. The highest BCUT2D eigenvalue weighted by Gasteiger charge is 2.10. The third-order valence-electron chi connectivity index (χ3n) is 1.37. The fourth-order valence-corrected chi connectivity index (χ4v) is 1.45. The van der Waals surface area contributed by atoms with E-state index in [1.54, 1.807) is 12.1 Å². The smallest absolute Gasteiger partial charge is 0.283 e. The summed E-state index contributed by atoms with van der Waals surface area (Å²) in [6.45, 7) is 0. The Morgan fingerprint density at radius 1 is 1.31 bits per heavy atom. The van der Waals surface area contributed by atoms with E-state index in [4.69, 9.17) is 8.83 Å². The van der Waals surface area contributed by atoms with Crippen LogP contribution in [-0.4, -0.2) is 10.2 Å². The predicted octanol–water partition coefficient (Wildman–Crippen LogP) is 3.03. The van der Waals surface area contributed by atoms with Gasteiger partial charge in [0, 0.05) is 0 Å². The molecule has 2 heterocycles. The normalized spacial score (nSPS) is 10.6. The molecule has 0 unspecified atom stereocenters. The summed E-state index contributed by atoms with van der Waals surface area (Å²) >= 11 is 5.35. The molecule has 0 saturated heterocycles. The Morgan fingerprint density at radius 3 is 2.69 bits per heavy atom. The third-order valence-corrected chi connectivity index (χ3v) is 2.44. The van der Waals surface area contributed by atoms with Gasteiger partial charge in [0.2, 0.25) is 5.89 Å². The number of rotatable bonds is 2. The second kappa shape index (κ2) is 3.79. The minimum Gasteiger partial charge on any atom is -0.444 e. The van der Waals surface area contributed by atoms with Gasteiger partial charge in [0.25, 0.3) is 5.89 Å². The molecule has 0 radical (unpaired) electrons. The monoisotopic (exact) mass is 354 g/mol. The summed E-state index contributed by atoms with van der Waals surface area (Å²) < 4.78 is 11.9. The summed E-state index contributed by atoms with van der Waals surface area (Å²) in [7, 11) is 0. The lowest BCUT2D eigenvalue weighted by atomic mass is 10.5. The molecular formula is C7H4BrIN2O2. The Kier molecular flexibility index (Phi) is 2.68. The fourth-order valence-electron chi connectivity index (χ4n) is 0.836. The van der Waals surface area contributed by atoms with Crippen molar-refractivity contribution in [2.45, 2.75) is 4.43 Å². The zero-order chi connectivity index (χ0) is 9.26. The van der Waals surface area contributed by atoms with Crippen molar-refractivity contribution < 1.29 is 8.83 Å². The van der Waals surface area contributed by atoms with Crippen LogP contribution in [0.2, 0.25) is 0 Å². The first-order valence-electron chi connectivity index (χ1n) is 3.43. The minimum absolute atomic E-state index is 0.414. The van der Waals surface area contributed by atoms with Crippen LogP contribution in [0.3, 0.4) is 0 Å². The van der Waals surface area contributed by atoms with Crippen molar-refractivity contribution >= 4 is 38.5 Å². The topological polar surface area (TPSA) is 52.1 Å². The molecule has 68 valence electrons. The van der Waals surface area contributed by atoms with Crippen LogP contribution in [0, 0.1) is 0 Å². The molecule has 13 heavy (non-hydrogen) atoms. The van der Waals surface area contributed by atoms with Crippen LogP contribution >= 0.6 is 38.5 Å². The van der Waals surface area contributed by atoms with Gasteiger partial charge < -0.3 is 8.83 Å². The Morgan fingerprint density at radius 2 is 2.15 bits per heavy atom. The molecule has 0 bridgehead atoms. The van der Waals surface area contributed by atoms with Crippen molar-refractivity contribution in [3.8, 4) is 11.7 Å². The summed E-state index contributed by atoms with van der Waals surface area (Å²) in [5, 5.41) is 7.66. The SMILES string of the molecule is Brc1ccc(-c2nnc(CI)o2)o1. The number of hydrogen-bond acceptors (Lipinski definition) is 4. The van der Waals surface area contributed by atoms with E-state index in [9.17, 15) is 0 Å². The van der Waals surface area contributed by atoms with Gasteiger partial charge in [-0.3, -0.25) is 0 Å². The Balaban J connectivity index is 2.35. The Labute approximate surface area is 96.0 Å². The maximum absolute atomic E-state index is 5.29. The molecule has 0 aliphatic rings. The van der Waals surface area contributed by atoms with Crippen molar-refractivity contribution in [1.29, 1.82) is 0 Å². The van der Waals surface area contributed by atoms with Crippen LogP contribution in [0.5, 0.6) is 0 Å². The highest BCUT2D eigenvalue weighted by molar-refractivity contribution is 14.1. The molecule has 0 N–H and O–H groups in total. The Bertz CT molecular complexity index is 412. The lowest BCUT2D eigenvalue weighted by Gasteiger charge is -1.85. The van der Waals surface area contributed by atoms with Gasteiger partial charge in [-0.05, 0) is 28.1 Å². The Hall–Kier alpha value is -0.370. The molecule has 0 amide bonds. The van der Waals surface area contributed by atoms with Crippen molar-refractivity contribution in [1.82, 2.24) is 10.2 Å². The predicted molar refractivity (Wildman–Crippen MR) is 57.4 cm³/mol. The number of halogens is 2. The summed E-state index contributed by atoms with van der Waals surface area (Å²) in [5.74, 6) is 1.59. The van der Waals surface area contributed by atoms with Crippen LogP contribution in [0.1, 0.15) is 5.89 Å². The quantitative estimate of drug-likeness (QED) is 0.614. The van der Waals surface area contributed by atoms with E-state index in [2.05, 4.69) is 48.7 Å². The van der Waals surface area contributed by atoms with E-state index in [-0.39, 0.29) is 0 Å². The molecule has 0 fully saturated rings. The molecule has 0 aliphatic carbocycles. The van der Waals surface area contributed by atoms with Gasteiger partial charge in [-0.25, -0.2) is 0 Å². The second-order valence-electron chi connectivity index (χ2n) is 2.24. The van der Waals surface area contributed by atoms with E-state index in [1.807, 2.05) is 0 Å². The molecule has 0 aromatic carbocycles. The maximum Gasteiger partial charge on any atom is 0.283 e. The number of hydrogen-bond donors (Lipinski definition) is 0. The van der Waals surface area contributed by atoms with Crippen LogP contribution < -0.4 is 0 Å². The number of furan rings is 1. The number of aromatic nitrogens is 2. The molecule has 0 saturated carbocycles. The van der Waals surface area contributed by atoms with Crippen LogP contribution in [-0.2, 0) is 4.43 Å². The van der Waals surface area contributed by atoms with Gasteiger partial charge in [-0.1, -0.05) is 22.6 Å². The molecule has 0 spiro atoms. The van der Waals surface area contributed by atoms with Gasteiger partial charge in [0.05, 0.1) is 4.43 Å². The average molecular weight is 355 g/mol. The summed E-state index contributed by atoms with van der Waals surface area (Å²) in [6, 6.07) is 3.55. The molecule has 2 rings (SSSR count). The molecule has 0 atom stereocenters. The van der Waals surface area contributed by atoms with Gasteiger partial charge in [0.1, 0.15) is 0 Å². The molecule has 0 aliphatic heterocycles. The average Bonchev–Trinajstić information content (AvgIpc) is 2.71. The van der Waals surface area contributed by atoms with Crippen molar-refractivity contribution in [3.63, 3.8) is 0 Å². The third kappa shape index (κ3) is 1.93. The lowest BCUT2D eigenvalue weighted by Crippen LogP contribution is -1.73. The van der Waals surface area contributed by atoms with Gasteiger partial charge >= 0.3 is 0 Å². The summed E-state index contributed by atoms with van der Waals surface area (Å²) in [4.78, 5) is 0. The van der Waals surface area contributed by atoms with Gasteiger partial charge in [-0.2, -0.15) is 0 Å². The van der Waals surface area contributed by atoms with Crippen LogP contribution in [0.15, 0.2) is 25.6 Å². The van der Waals surface area contributed by atoms with Crippen molar-refractivity contribution in [2.24, 2.45) is 0 Å². The van der Waals surface area contributed by atoms with E-state index < -0.39 is 0 Å². The highest BCUT2D eigenvalue weighted by atomic mass is 127. The second-order valence-corrected chi connectivity index (χ2v) is 3.78. The summed E-state index contributed by atoms with van der Waals surface area (Å²) in [6.07, 6.45) is 0. The fraction of sp³-hybridized carbons (Fsp3) is 0.143. The first kappa shape index (κ1) is 9.20. The number of alkyl halides is 1.